The summed E-state index contributed by atoms with van der Waals surface area (Å²) in [4.78, 5) is 15.9. The summed E-state index contributed by atoms with van der Waals surface area (Å²) >= 11 is 0. The van der Waals surface area contributed by atoms with E-state index in [1.807, 2.05) is 0 Å². The number of nitrogen functional groups attached to an aromatic ring is 1. The molecule has 0 fully saturated rings. The van der Waals surface area contributed by atoms with E-state index in [-0.39, 0.29) is 5.95 Å². The second-order valence-electron chi connectivity index (χ2n) is 3.52. The largest absolute Gasteiger partial charge is 0.392 e. The molecule has 0 saturated carbocycles. The Hall–Kier alpha value is -2.22. The van der Waals surface area contributed by atoms with Gasteiger partial charge in [-0.2, -0.15) is 15.0 Å². The molecule has 1 unspecified atom stereocenters. The van der Waals surface area contributed by atoms with Crippen molar-refractivity contribution in [1.82, 2.24) is 24.5 Å². The lowest BCUT2D eigenvalue weighted by Crippen LogP contribution is -2.18. The number of aromatic nitrogens is 5. The van der Waals surface area contributed by atoms with Crippen LogP contribution < -0.4 is 11.1 Å². The fraction of sp³-hybridized carbons (Fsp3) is 0.333. The van der Waals surface area contributed by atoms with E-state index in [0.717, 1.165) is 0 Å². The molecule has 0 saturated heterocycles. The van der Waals surface area contributed by atoms with Gasteiger partial charge in [0.25, 0.3) is 0 Å². The Morgan fingerprint density at radius 3 is 2.94 bits per heavy atom. The minimum atomic E-state index is -0.496. The van der Waals surface area contributed by atoms with Crippen molar-refractivity contribution in [2.45, 2.75) is 13.0 Å². The highest BCUT2D eigenvalue weighted by atomic mass is 16.3. The Balaban J connectivity index is 2.24. The molecule has 0 aliphatic heterocycles. The molecule has 8 heteroatoms. The van der Waals surface area contributed by atoms with Gasteiger partial charge in [0.15, 0.2) is 0 Å². The lowest BCUT2D eigenvalue weighted by atomic mass is 10.4. The summed E-state index contributed by atoms with van der Waals surface area (Å²) in [6.07, 6.45) is 4.38. The summed E-state index contributed by atoms with van der Waals surface area (Å²) in [5, 5.41) is 12.0. The van der Waals surface area contributed by atoms with Crippen LogP contribution in [0.15, 0.2) is 18.7 Å². The average Bonchev–Trinajstić information content (AvgIpc) is 2.79. The van der Waals surface area contributed by atoms with E-state index in [4.69, 9.17) is 10.8 Å². The first-order chi connectivity index (χ1) is 8.15. The van der Waals surface area contributed by atoms with Crippen LogP contribution >= 0.6 is 0 Å². The molecule has 4 N–H and O–H groups in total. The summed E-state index contributed by atoms with van der Waals surface area (Å²) in [6, 6.07) is 0. The van der Waals surface area contributed by atoms with Gasteiger partial charge in [-0.1, -0.05) is 0 Å². The van der Waals surface area contributed by atoms with Gasteiger partial charge in [-0.3, -0.25) is 4.57 Å². The monoisotopic (exact) mass is 235 g/mol. The van der Waals surface area contributed by atoms with Crippen molar-refractivity contribution >= 4 is 11.9 Å². The van der Waals surface area contributed by atoms with E-state index in [2.05, 4.69) is 25.3 Å². The highest BCUT2D eigenvalue weighted by Gasteiger charge is 2.06. The molecule has 2 aromatic rings. The van der Waals surface area contributed by atoms with Crippen LogP contribution in [0.25, 0.3) is 5.95 Å². The lowest BCUT2D eigenvalue weighted by molar-refractivity contribution is 0.208. The van der Waals surface area contributed by atoms with Gasteiger partial charge < -0.3 is 16.2 Å². The first kappa shape index (κ1) is 11.3. The van der Waals surface area contributed by atoms with E-state index < -0.39 is 6.10 Å². The molecular formula is C9H13N7O. The fourth-order valence-electron chi connectivity index (χ4n) is 1.19. The summed E-state index contributed by atoms with van der Waals surface area (Å²) in [5.41, 5.74) is 5.57. The third-order valence-electron chi connectivity index (χ3n) is 1.93. The second kappa shape index (κ2) is 4.74. The number of nitrogens with zero attached hydrogens (tertiary/aromatic N) is 5. The molecule has 0 aliphatic carbocycles. The van der Waals surface area contributed by atoms with Gasteiger partial charge >= 0.3 is 0 Å². The van der Waals surface area contributed by atoms with E-state index >= 15 is 0 Å². The molecule has 90 valence electrons. The standard InChI is InChI=1S/C9H13N7O/c1-6(17)4-12-8-13-7(10)14-9(15-8)16-3-2-11-5-16/h2-3,5-6,17H,4H2,1H3,(H3,10,12,13,14,15). The minimum Gasteiger partial charge on any atom is -0.392 e. The van der Waals surface area contributed by atoms with Crippen LogP contribution in [0.1, 0.15) is 6.92 Å². The zero-order valence-corrected chi connectivity index (χ0v) is 9.28. The highest BCUT2D eigenvalue weighted by molar-refractivity contribution is 5.35. The minimum absolute atomic E-state index is 0.108. The number of aliphatic hydroxyl groups is 1. The van der Waals surface area contributed by atoms with Crippen molar-refractivity contribution in [1.29, 1.82) is 0 Å². The lowest BCUT2D eigenvalue weighted by Gasteiger charge is -2.08. The Bertz CT molecular complexity index is 482. The topological polar surface area (TPSA) is 115 Å². The number of nitrogens with one attached hydrogen (secondary N) is 1. The maximum Gasteiger partial charge on any atom is 0.241 e. The predicted octanol–water partition coefficient (Wildman–Crippen LogP) is -0.568. The van der Waals surface area contributed by atoms with E-state index in [0.29, 0.717) is 18.4 Å². The molecule has 2 rings (SSSR count). The first-order valence-corrected chi connectivity index (χ1v) is 5.07. The smallest absolute Gasteiger partial charge is 0.241 e. The number of imidazole rings is 1. The molecule has 8 nitrogen and oxygen atoms in total. The highest BCUT2D eigenvalue weighted by Crippen LogP contribution is 2.06. The van der Waals surface area contributed by atoms with E-state index in [9.17, 15) is 0 Å². The van der Waals surface area contributed by atoms with Gasteiger partial charge in [0, 0.05) is 18.9 Å². The maximum atomic E-state index is 9.16. The van der Waals surface area contributed by atoms with Crippen molar-refractivity contribution in [3.63, 3.8) is 0 Å². The van der Waals surface area contributed by atoms with Crippen LogP contribution in [-0.2, 0) is 0 Å². The zero-order chi connectivity index (χ0) is 12.3. The normalized spacial score (nSPS) is 12.4. The number of rotatable bonds is 4. The van der Waals surface area contributed by atoms with Crippen LogP contribution in [0.3, 0.4) is 0 Å². The van der Waals surface area contributed by atoms with Gasteiger partial charge in [-0.05, 0) is 6.92 Å². The van der Waals surface area contributed by atoms with E-state index in [1.54, 1.807) is 30.2 Å². The summed E-state index contributed by atoms with van der Waals surface area (Å²) in [7, 11) is 0. The molecule has 17 heavy (non-hydrogen) atoms. The van der Waals surface area contributed by atoms with Crippen LogP contribution in [0, 0.1) is 0 Å². The number of hydrogen-bond donors (Lipinski definition) is 3. The molecule has 2 aromatic heterocycles. The number of anilines is 2. The molecule has 0 amide bonds. The molecule has 2 heterocycles. The van der Waals surface area contributed by atoms with E-state index in [1.165, 1.54) is 0 Å². The quantitative estimate of drug-likeness (QED) is 0.650. The Morgan fingerprint density at radius 2 is 2.29 bits per heavy atom. The summed E-state index contributed by atoms with van der Waals surface area (Å²) < 4.78 is 1.62. The van der Waals surface area contributed by atoms with Gasteiger partial charge in [-0.25, -0.2) is 4.98 Å². The zero-order valence-electron chi connectivity index (χ0n) is 9.28. The average molecular weight is 235 g/mol. The number of hydrogen-bond acceptors (Lipinski definition) is 7. The van der Waals surface area contributed by atoms with Gasteiger partial charge in [0.2, 0.25) is 17.8 Å². The molecule has 0 aliphatic rings. The molecule has 0 spiro atoms. The summed E-state index contributed by atoms with van der Waals surface area (Å²) in [5.74, 6) is 0.807. The van der Waals surface area contributed by atoms with Crippen molar-refractivity contribution in [2.75, 3.05) is 17.6 Å². The molecule has 0 aromatic carbocycles. The molecule has 0 bridgehead atoms. The maximum absolute atomic E-state index is 9.16. The number of aliphatic hydroxyl groups excluding tert-OH is 1. The van der Waals surface area contributed by atoms with Gasteiger partial charge in [-0.15, -0.1) is 0 Å². The first-order valence-electron chi connectivity index (χ1n) is 5.07. The molecule has 1 atom stereocenters. The van der Waals surface area contributed by atoms with Crippen molar-refractivity contribution in [2.24, 2.45) is 0 Å². The Labute approximate surface area is 97.6 Å². The Kier molecular flexibility index (Phi) is 3.15. The molecular weight excluding hydrogens is 222 g/mol. The fourth-order valence-corrected chi connectivity index (χ4v) is 1.19. The van der Waals surface area contributed by atoms with Crippen molar-refractivity contribution in [3.8, 4) is 5.95 Å². The molecule has 0 radical (unpaired) electrons. The van der Waals surface area contributed by atoms with Crippen molar-refractivity contribution in [3.05, 3.63) is 18.7 Å². The van der Waals surface area contributed by atoms with Crippen LogP contribution in [0.4, 0.5) is 11.9 Å². The Morgan fingerprint density at radius 1 is 1.47 bits per heavy atom. The van der Waals surface area contributed by atoms with Gasteiger partial charge in [0.05, 0.1) is 6.10 Å². The third kappa shape index (κ3) is 2.88. The van der Waals surface area contributed by atoms with Crippen LogP contribution in [0.2, 0.25) is 0 Å². The second-order valence-corrected chi connectivity index (χ2v) is 3.52. The SMILES string of the molecule is CC(O)CNc1nc(N)nc(-n2ccnc2)n1. The van der Waals surface area contributed by atoms with Gasteiger partial charge in [0.1, 0.15) is 6.33 Å². The van der Waals surface area contributed by atoms with Crippen LogP contribution in [0.5, 0.6) is 0 Å². The summed E-state index contributed by atoms with van der Waals surface area (Å²) in [6.45, 7) is 2.00. The predicted molar refractivity (Wildman–Crippen MR) is 61.5 cm³/mol. The van der Waals surface area contributed by atoms with Crippen molar-refractivity contribution < 1.29 is 5.11 Å². The number of nitrogens with two attached hydrogens (primary N) is 1. The van der Waals surface area contributed by atoms with Crippen LogP contribution in [-0.4, -0.2) is 42.3 Å². The third-order valence-corrected chi connectivity index (χ3v) is 1.93.